The Hall–Kier alpha value is -2.05. The fraction of sp³-hybridized carbons (Fsp3) is 0.125. The summed E-state index contributed by atoms with van der Waals surface area (Å²) in [6, 6.07) is 13.7. The van der Waals surface area contributed by atoms with Gasteiger partial charge in [-0.3, -0.25) is 0 Å². The van der Waals surface area contributed by atoms with Crippen LogP contribution in [0.3, 0.4) is 0 Å². The van der Waals surface area contributed by atoms with Crippen molar-refractivity contribution in [3.63, 3.8) is 0 Å². The fourth-order valence-electron chi connectivity index (χ4n) is 2.14. The van der Waals surface area contributed by atoms with Crippen molar-refractivity contribution >= 4 is 23.4 Å². The van der Waals surface area contributed by atoms with Crippen molar-refractivity contribution in [3.05, 3.63) is 64.9 Å². The van der Waals surface area contributed by atoms with Crippen LogP contribution in [0.1, 0.15) is 17.7 Å². The summed E-state index contributed by atoms with van der Waals surface area (Å²) < 4.78 is 14.4. The topological polar surface area (TPSA) is 56.7 Å². The zero-order valence-electron chi connectivity index (χ0n) is 12.3. The summed E-state index contributed by atoms with van der Waals surface area (Å²) in [5, 5.41) is 9.53. The summed E-state index contributed by atoms with van der Waals surface area (Å²) in [5.74, 6) is 6.39. The molecule has 0 radical (unpaired) electrons. The van der Waals surface area contributed by atoms with Crippen LogP contribution < -0.4 is 5.84 Å². The molecular formula is C16H14ClFN4S. The minimum atomic E-state index is -0.254. The lowest BCUT2D eigenvalue weighted by atomic mass is 10.2. The van der Waals surface area contributed by atoms with E-state index in [0.717, 1.165) is 11.1 Å². The molecule has 0 aliphatic heterocycles. The third kappa shape index (κ3) is 3.48. The predicted molar refractivity (Wildman–Crippen MR) is 91.3 cm³/mol. The Morgan fingerprint density at radius 1 is 1.17 bits per heavy atom. The van der Waals surface area contributed by atoms with Crippen LogP contribution in [0.25, 0.3) is 11.4 Å². The summed E-state index contributed by atoms with van der Waals surface area (Å²) in [6.07, 6.45) is 0. The van der Waals surface area contributed by atoms with E-state index in [0.29, 0.717) is 16.0 Å². The predicted octanol–water partition coefficient (Wildman–Crippen LogP) is 4.30. The standard InChI is InChI=1S/C16H14ClFN4S/c1-10(11-5-7-14(18)8-6-11)23-16-21-20-15(22(16)19)12-3-2-4-13(17)9-12/h2-10H,19H2,1H3/t10-/m1/s1. The molecule has 23 heavy (non-hydrogen) atoms. The van der Waals surface area contributed by atoms with E-state index in [1.807, 2.05) is 19.1 Å². The molecule has 0 aliphatic rings. The van der Waals surface area contributed by atoms with E-state index in [9.17, 15) is 4.39 Å². The zero-order valence-corrected chi connectivity index (χ0v) is 13.9. The summed E-state index contributed by atoms with van der Waals surface area (Å²) in [6.45, 7) is 2.01. The van der Waals surface area contributed by atoms with Crippen LogP contribution in [-0.4, -0.2) is 14.9 Å². The largest absolute Gasteiger partial charge is 0.335 e. The van der Waals surface area contributed by atoms with E-state index < -0.39 is 0 Å². The molecule has 1 aromatic heterocycles. The zero-order chi connectivity index (χ0) is 16.4. The first-order valence-electron chi connectivity index (χ1n) is 6.93. The molecule has 4 nitrogen and oxygen atoms in total. The fourth-order valence-corrected chi connectivity index (χ4v) is 3.23. The Morgan fingerprint density at radius 3 is 2.61 bits per heavy atom. The molecule has 3 aromatic rings. The molecule has 0 saturated carbocycles. The highest BCUT2D eigenvalue weighted by Gasteiger charge is 2.16. The molecule has 2 aromatic carbocycles. The summed E-state index contributed by atoms with van der Waals surface area (Å²) in [7, 11) is 0. The van der Waals surface area contributed by atoms with E-state index in [4.69, 9.17) is 17.4 Å². The summed E-state index contributed by atoms with van der Waals surface area (Å²) in [5.41, 5.74) is 1.79. The Morgan fingerprint density at radius 2 is 1.91 bits per heavy atom. The quantitative estimate of drug-likeness (QED) is 0.564. The molecule has 1 atom stereocenters. The third-order valence-corrected chi connectivity index (χ3v) is 4.72. The number of nitrogens with zero attached hydrogens (tertiary/aromatic N) is 3. The number of hydrogen-bond acceptors (Lipinski definition) is 4. The van der Waals surface area contributed by atoms with Crippen LogP contribution in [0.4, 0.5) is 4.39 Å². The first-order chi connectivity index (χ1) is 11.0. The van der Waals surface area contributed by atoms with Crippen molar-refractivity contribution in [3.8, 4) is 11.4 Å². The molecule has 0 aliphatic carbocycles. The molecule has 1 heterocycles. The van der Waals surface area contributed by atoms with Gasteiger partial charge >= 0.3 is 0 Å². The summed E-state index contributed by atoms with van der Waals surface area (Å²) in [4.78, 5) is 0. The highest BCUT2D eigenvalue weighted by atomic mass is 35.5. The lowest BCUT2D eigenvalue weighted by molar-refractivity contribution is 0.627. The van der Waals surface area contributed by atoms with Crippen LogP contribution in [0.5, 0.6) is 0 Å². The van der Waals surface area contributed by atoms with E-state index >= 15 is 0 Å². The Kier molecular flexibility index (Phi) is 4.54. The van der Waals surface area contributed by atoms with Gasteiger partial charge in [0.25, 0.3) is 0 Å². The van der Waals surface area contributed by atoms with Gasteiger partial charge in [-0.1, -0.05) is 47.6 Å². The molecule has 0 amide bonds. The van der Waals surface area contributed by atoms with E-state index in [1.54, 1.807) is 24.3 Å². The molecular weight excluding hydrogens is 335 g/mol. The Balaban J connectivity index is 1.83. The van der Waals surface area contributed by atoms with Crippen molar-refractivity contribution < 1.29 is 4.39 Å². The van der Waals surface area contributed by atoms with E-state index in [-0.39, 0.29) is 11.1 Å². The maximum Gasteiger partial charge on any atom is 0.210 e. The molecule has 3 rings (SSSR count). The van der Waals surface area contributed by atoms with Gasteiger partial charge in [-0.15, -0.1) is 10.2 Å². The molecule has 118 valence electrons. The lowest BCUT2D eigenvalue weighted by Gasteiger charge is -2.11. The minimum absolute atomic E-state index is 0.0642. The molecule has 7 heteroatoms. The van der Waals surface area contributed by atoms with Gasteiger partial charge in [-0.2, -0.15) is 0 Å². The van der Waals surface area contributed by atoms with Crippen LogP contribution in [-0.2, 0) is 0 Å². The first kappa shape index (κ1) is 15.8. The maximum absolute atomic E-state index is 13.0. The summed E-state index contributed by atoms with van der Waals surface area (Å²) >= 11 is 7.45. The number of benzene rings is 2. The molecule has 0 unspecified atom stereocenters. The van der Waals surface area contributed by atoms with E-state index in [2.05, 4.69) is 10.2 Å². The second kappa shape index (κ2) is 6.60. The Labute approximate surface area is 142 Å². The number of nitrogen functional groups attached to an aromatic ring is 1. The lowest BCUT2D eigenvalue weighted by Crippen LogP contribution is -2.12. The van der Waals surface area contributed by atoms with Crippen LogP contribution in [0, 0.1) is 5.82 Å². The number of halogens is 2. The second-order valence-corrected chi connectivity index (χ2v) is 6.74. The maximum atomic E-state index is 13.0. The van der Waals surface area contributed by atoms with Crippen molar-refractivity contribution in [2.45, 2.75) is 17.3 Å². The van der Waals surface area contributed by atoms with Gasteiger partial charge in [0.1, 0.15) is 5.82 Å². The van der Waals surface area contributed by atoms with Gasteiger partial charge in [0.05, 0.1) is 0 Å². The van der Waals surface area contributed by atoms with Crippen LogP contribution >= 0.6 is 23.4 Å². The number of aromatic nitrogens is 3. The Bertz CT molecular complexity index is 819. The van der Waals surface area contributed by atoms with Crippen molar-refractivity contribution in [2.24, 2.45) is 0 Å². The second-order valence-electron chi connectivity index (χ2n) is 5.00. The molecule has 0 saturated heterocycles. The average Bonchev–Trinajstić information content (AvgIpc) is 2.89. The normalized spacial score (nSPS) is 12.3. The molecule has 2 N–H and O–H groups in total. The minimum Gasteiger partial charge on any atom is -0.335 e. The van der Waals surface area contributed by atoms with Gasteiger partial charge in [0, 0.05) is 15.8 Å². The van der Waals surface area contributed by atoms with Gasteiger partial charge in [0.2, 0.25) is 5.16 Å². The number of hydrogen-bond donors (Lipinski definition) is 1. The van der Waals surface area contributed by atoms with Crippen LogP contribution in [0.15, 0.2) is 53.7 Å². The molecule has 0 bridgehead atoms. The smallest absolute Gasteiger partial charge is 0.210 e. The monoisotopic (exact) mass is 348 g/mol. The average molecular weight is 349 g/mol. The van der Waals surface area contributed by atoms with Crippen molar-refractivity contribution in [1.29, 1.82) is 0 Å². The van der Waals surface area contributed by atoms with Gasteiger partial charge in [-0.05, 0) is 36.8 Å². The number of rotatable bonds is 4. The van der Waals surface area contributed by atoms with Gasteiger partial charge in [0.15, 0.2) is 5.82 Å². The first-order valence-corrected chi connectivity index (χ1v) is 8.19. The number of nitrogens with two attached hydrogens (primary N) is 1. The highest BCUT2D eigenvalue weighted by Crippen LogP contribution is 2.34. The SMILES string of the molecule is C[C@@H](Sc1nnc(-c2cccc(Cl)c2)n1N)c1ccc(F)cc1. The molecule has 0 spiro atoms. The van der Waals surface area contributed by atoms with Crippen LogP contribution in [0.2, 0.25) is 5.02 Å². The van der Waals surface area contributed by atoms with Gasteiger partial charge in [-0.25, -0.2) is 9.07 Å². The third-order valence-electron chi connectivity index (χ3n) is 3.37. The van der Waals surface area contributed by atoms with Gasteiger partial charge < -0.3 is 5.84 Å². The van der Waals surface area contributed by atoms with E-state index in [1.165, 1.54) is 28.6 Å². The number of thioether (sulfide) groups is 1. The van der Waals surface area contributed by atoms with Crippen molar-refractivity contribution in [2.75, 3.05) is 5.84 Å². The van der Waals surface area contributed by atoms with Crippen molar-refractivity contribution in [1.82, 2.24) is 14.9 Å². The molecule has 0 fully saturated rings. The highest BCUT2D eigenvalue weighted by molar-refractivity contribution is 7.99.